The van der Waals surface area contributed by atoms with Crippen LogP contribution in [0.15, 0.2) is 36.4 Å². The molecular formula is C15H13Cl2NO. The van der Waals surface area contributed by atoms with E-state index in [0.29, 0.717) is 16.6 Å². The quantitative estimate of drug-likeness (QED) is 0.812. The molecule has 1 N–H and O–H groups in total. The zero-order valence-corrected chi connectivity index (χ0v) is 11.9. The number of hydrogen-bond acceptors (Lipinski definition) is 2. The third kappa shape index (κ3) is 2.38. The predicted octanol–water partition coefficient (Wildman–Crippen LogP) is 4.85. The summed E-state index contributed by atoms with van der Waals surface area (Å²) in [6, 6.07) is 11.4. The van der Waals surface area contributed by atoms with Crippen molar-refractivity contribution in [1.82, 2.24) is 0 Å². The molecular weight excluding hydrogens is 281 g/mol. The summed E-state index contributed by atoms with van der Waals surface area (Å²) in [7, 11) is 0. The molecule has 1 heterocycles. The van der Waals surface area contributed by atoms with Crippen molar-refractivity contribution in [3.8, 4) is 5.75 Å². The van der Waals surface area contributed by atoms with Crippen molar-refractivity contribution < 1.29 is 4.74 Å². The molecule has 3 rings (SSSR count). The van der Waals surface area contributed by atoms with Crippen LogP contribution in [0.5, 0.6) is 5.75 Å². The number of nitrogens with one attached hydrogen (secondary N) is 1. The molecule has 98 valence electrons. The molecule has 19 heavy (non-hydrogen) atoms. The minimum atomic E-state index is -0.125. The van der Waals surface area contributed by atoms with E-state index < -0.39 is 0 Å². The predicted molar refractivity (Wildman–Crippen MR) is 79.5 cm³/mol. The Morgan fingerprint density at radius 1 is 1.21 bits per heavy atom. The summed E-state index contributed by atoms with van der Waals surface area (Å²) in [6.07, 6.45) is -0.125. The van der Waals surface area contributed by atoms with Gasteiger partial charge in [-0.25, -0.2) is 0 Å². The monoisotopic (exact) mass is 293 g/mol. The third-order valence-electron chi connectivity index (χ3n) is 3.27. The van der Waals surface area contributed by atoms with Crippen molar-refractivity contribution in [2.75, 3.05) is 11.9 Å². The molecule has 1 aliphatic heterocycles. The molecule has 0 fully saturated rings. The summed E-state index contributed by atoms with van der Waals surface area (Å²) < 4.78 is 6.03. The fraction of sp³-hybridized carbons (Fsp3) is 0.200. The number of anilines is 1. The summed E-state index contributed by atoms with van der Waals surface area (Å²) in [5.41, 5.74) is 3.14. The van der Waals surface area contributed by atoms with Gasteiger partial charge >= 0.3 is 0 Å². The number of ether oxygens (including phenoxy) is 1. The Morgan fingerprint density at radius 2 is 2.05 bits per heavy atom. The SMILES string of the molecule is Cc1cccc2c1NCC(c1cc(Cl)ccc1Cl)O2. The van der Waals surface area contributed by atoms with Crippen molar-refractivity contribution >= 4 is 28.9 Å². The van der Waals surface area contributed by atoms with E-state index in [-0.39, 0.29) is 6.10 Å². The number of benzene rings is 2. The number of fused-ring (bicyclic) bond motifs is 1. The first-order valence-corrected chi connectivity index (χ1v) is 6.86. The maximum Gasteiger partial charge on any atom is 0.143 e. The Bertz CT molecular complexity index is 628. The first-order chi connectivity index (χ1) is 9.15. The maximum absolute atomic E-state index is 6.22. The Kier molecular flexibility index (Phi) is 3.29. The van der Waals surface area contributed by atoms with Gasteiger partial charge < -0.3 is 10.1 Å². The number of hydrogen-bond donors (Lipinski definition) is 1. The molecule has 2 aromatic carbocycles. The standard InChI is InChI=1S/C15H13Cl2NO/c1-9-3-2-4-13-15(9)18-8-14(19-13)11-7-10(16)5-6-12(11)17/h2-7,14,18H,8H2,1H3. The molecule has 0 aromatic heterocycles. The van der Waals surface area contributed by atoms with Crippen LogP contribution < -0.4 is 10.1 Å². The molecule has 0 spiro atoms. The third-order valence-corrected chi connectivity index (χ3v) is 3.85. The van der Waals surface area contributed by atoms with Gasteiger partial charge in [-0.15, -0.1) is 0 Å². The lowest BCUT2D eigenvalue weighted by molar-refractivity contribution is 0.210. The van der Waals surface area contributed by atoms with Crippen LogP contribution >= 0.6 is 23.2 Å². The molecule has 2 nitrogen and oxygen atoms in total. The van der Waals surface area contributed by atoms with Gasteiger partial charge in [-0.1, -0.05) is 35.3 Å². The van der Waals surface area contributed by atoms with Gasteiger partial charge in [-0.05, 0) is 36.8 Å². The molecule has 1 unspecified atom stereocenters. The molecule has 0 radical (unpaired) electrons. The highest BCUT2D eigenvalue weighted by Crippen LogP contribution is 2.38. The second kappa shape index (κ2) is 4.95. The normalized spacial score (nSPS) is 17.3. The second-order valence-electron chi connectivity index (χ2n) is 4.60. The van der Waals surface area contributed by atoms with Crippen LogP contribution in [-0.4, -0.2) is 6.54 Å². The minimum Gasteiger partial charge on any atom is -0.482 e. The lowest BCUT2D eigenvalue weighted by atomic mass is 10.1. The molecule has 0 aliphatic carbocycles. The van der Waals surface area contributed by atoms with E-state index in [1.807, 2.05) is 18.2 Å². The first-order valence-electron chi connectivity index (χ1n) is 6.10. The number of para-hydroxylation sites is 1. The van der Waals surface area contributed by atoms with Crippen molar-refractivity contribution in [2.45, 2.75) is 13.0 Å². The maximum atomic E-state index is 6.22. The molecule has 0 bridgehead atoms. The van der Waals surface area contributed by atoms with E-state index in [9.17, 15) is 0 Å². The van der Waals surface area contributed by atoms with Gasteiger partial charge in [0, 0.05) is 15.6 Å². The molecule has 1 atom stereocenters. The highest BCUT2D eigenvalue weighted by atomic mass is 35.5. The summed E-state index contributed by atoms with van der Waals surface area (Å²) in [5, 5.41) is 4.74. The van der Waals surface area contributed by atoms with Crippen molar-refractivity contribution in [1.29, 1.82) is 0 Å². The number of halogens is 2. The van der Waals surface area contributed by atoms with Crippen LogP contribution in [0.4, 0.5) is 5.69 Å². The van der Waals surface area contributed by atoms with Crippen LogP contribution in [0.1, 0.15) is 17.2 Å². The summed E-state index contributed by atoms with van der Waals surface area (Å²) in [4.78, 5) is 0. The summed E-state index contributed by atoms with van der Waals surface area (Å²) in [5.74, 6) is 0.854. The topological polar surface area (TPSA) is 21.3 Å². The first kappa shape index (κ1) is 12.6. The van der Waals surface area contributed by atoms with Crippen molar-refractivity contribution in [3.63, 3.8) is 0 Å². The van der Waals surface area contributed by atoms with Crippen LogP contribution in [0.25, 0.3) is 0 Å². The van der Waals surface area contributed by atoms with Gasteiger partial charge in [0.2, 0.25) is 0 Å². The largest absolute Gasteiger partial charge is 0.482 e. The Balaban J connectivity index is 1.96. The molecule has 4 heteroatoms. The van der Waals surface area contributed by atoms with Gasteiger partial charge in [0.15, 0.2) is 0 Å². The average molecular weight is 294 g/mol. The lowest BCUT2D eigenvalue weighted by Gasteiger charge is -2.29. The van der Waals surface area contributed by atoms with Gasteiger partial charge in [0.25, 0.3) is 0 Å². The Labute approximate surface area is 122 Å². The van der Waals surface area contributed by atoms with Gasteiger partial charge in [0.05, 0.1) is 12.2 Å². The molecule has 0 saturated carbocycles. The van der Waals surface area contributed by atoms with Crippen LogP contribution in [0.3, 0.4) is 0 Å². The van der Waals surface area contributed by atoms with Crippen LogP contribution in [0.2, 0.25) is 10.0 Å². The highest BCUT2D eigenvalue weighted by Gasteiger charge is 2.23. The van der Waals surface area contributed by atoms with Crippen LogP contribution in [0, 0.1) is 6.92 Å². The second-order valence-corrected chi connectivity index (χ2v) is 5.44. The van der Waals surface area contributed by atoms with Crippen molar-refractivity contribution in [2.24, 2.45) is 0 Å². The van der Waals surface area contributed by atoms with Gasteiger partial charge in [-0.2, -0.15) is 0 Å². The zero-order chi connectivity index (χ0) is 13.4. The fourth-order valence-electron chi connectivity index (χ4n) is 2.29. The van der Waals surface area contributed by atoms with E-state index in [1.54, 1.807) is 12.1 Å². The minimum absolute atomic E-state index is 0.125. The van der Waals surface area contributed by atoms with Crippen molar-refractivity contribution in [3.05, 3.63) is 57.6 Å². The van der Waals surface area contributed by atoms with E-state index in [1.165, 1.54) is 5.56 Å². The van der Waals surface area contributed by atoms with E-state index in [4.69, 9.17) is 27.9 Å². The van der Waals surface area contributed by atoms with E-state index >= 15 is 0 Å². The highest BCUT2D eigenvalue weighted by molar-refractivity contribution is 6.33. The Morgan fingerprint density at radius 3 is 2.89 bits per heavy atom. The summed E-state index contributed by atoms with van der Waals surface area (Å²) in [6.45, 7) is 2.74. The number of aryl methyl sites for hydroxylation is 1. The number of rotatable bonds is 1. The van der Waals surface area contributed by atoms with E-state index in [2.05, 4.69) is 18.3 Å². The van der Waals surface area contributed by atoms with E-state index in [0.717, 1.165) is 17.0 Å². The molecule has 2 aromatic rings. The summed E-state index contributed by atoms with van der Waals surface area (Å²) >= 11 is 12.2. The molecule has 1 aliphatic rings. The Hall–Kier alpha value is -1.38. The molecule has 0 amide bonds. The van der Waals surface area contributed by atoms with Crippen LogP contribution in [-0.2, 0) is 0 Å². The molecule has 0 saturated heterocycles. The van der Waals surface area contributed by atoms with Gasteiger partial charge in [-0.3, -0.25) is 0 Å². The van der Waals surface area contributed by atoms with Gasteiger partial charge in [0.1, 0.15) is 11.9 Å². The zero-order valence-electron chi connectivity index (χ0n) is 10.4. The average Bonchev–Trinajstić information content (AvgIpc) is 2.41. The fourth-order valence-corrected chi connectivity index (χ4v) is 2.71. The lowest BCUT2D eigenvalue weighted by Crippen LogP contribution is -2.24. The smallest absolute Gasteiger partial charge is 0.143 e.